The molecule has 4 heteroatoms. The topological polar surface area (TPSA) is 59.7 Å². The molecule has 1 N–H and O–H groups in total. The molecule has 3 atom stereocenters. The number of carbonyl (C=O) groups excluding carboxylic acids is 1. The standard InChI is InChI=1S/C14H20O4/c1-9-4-3-5-10(8-9)13(15)11-6-7-12(18-11)14(16)17-2/h6-7,9-10,13,15H,3-5,8H2,1-2H3. The second-order valence-corrected chi connectivity index (χ2v) is 5.17. The van der Waals surface area contributed by atoms with Crippen molar-refractivity contribution in [3.05, 3.63) is 23.7 Å². The van der Waals surface area contributed by atoms with Crippen molar-refractivity contribution >= 4 is 5.97 Å². The number of aliphatic hydroxyl groups is 1. The van der Waals surface area contributed by atoms with Crippen molar-refractivity contribution in [2.75, 3.05) is 7.11 Å². The summed E-state index contributed by atoms with van der Waals surface area (Å²) < 4.78 is 9.94. The molecule has 100 valence electrons. The van der Waals surface area contributed by atoms with Crippen molar-refractivity contribution in [2.24, 2.45) is 11.8 Å². The van der Waals surface area contributed by atoms with E-state index >= 15 is 0 Å². The fourth-order valence-corrected chi connectivity index (χ4v) is 2.72. The third kappa shape index (κ3) is 2.75. The van der Waals surface area contributed by atoms with Crippen LogP contribution in [0.5, 0.6) is 0 Å². The third-order valence-electron chi connectivity index (χ3n) is 3.73. The minimum Gasteiger partial charge on any atom is -0.463 e. The van der Waals surface area contributed by atoms with Gasteiger partial charge in [0.05, 0.1) is 7.11 Å². The molecule has 1 heterocycles. The Morgan fingerprint density at radius 2 is 2.28 bits per heavy atom. The molecular formula is C14H20O4. The number of carbonyl (C=O) groups is 1. The number of hydrogen-bond donors (Lipinski definition) is 1. The van der Waals surface area contributed by atoms with Gasteiger partial charge in [-0.1, -0.05) is 19.8 Å². The van der Waals surface area contributed by atoms with Crippen LogP contribution in [0.25, 0.3) is 0 Å². The summed E-state index contributed by atoms with van der Waals surface area (Å²) in [6, 6.07) is 3.22. The zero-order valence-electron chi connectivity index (χ0n) is 10.9. The number of furan rings is 1. The molecule has 0 aromatic carbocycles. The molecule has 1 aromatic heterocycles. The lowest BCUT2D eigenvalue weighted by Crippen LogP contribution is -2.19. The Kier molecular flexibility index (Phi) is 4.07. The molecule has 0 bridgehead atoms. The van der Waals surface area contributed by atoms with E-state index in [4.69, 9.17) is 4.42 Å². The summed E-state index contributed by atoms with van der Waals surface area (Å²) in [6.07, 6.45) is 3.78. The van der Waals surface area contributed by atoms with E-state index in [2.05, 4.69) is 11.7 Å². The molecule has 3 unspecified atom stereocenters. The van der Waals surface area contributed by atoms with Gasteiger partial charge in [0.15, 0.2) is 0 Å². The summed E-state index contributed by atoms with van der Waals surface area (Å²) in [5.74, 6) is 0.981. The van der Waals surface area contributed by atoms with Gasteiger partial charge in [0.1, 0.15) is 11.9 Å². The number of hydrogen-bond acceptors (Lipinski definition) is 4. The van der Waals surface area contributed by atoms with E-state index in [1.807, 2.05) is 0 Å². The summed E-state index contributed by atoms with van der Waals surface area (Å²) in [6.45, 7) is 2.21. The van der Waals surface area contributed by atoms with Gasteiger partial charge in [0, 0.05) is 0 Å². The van der Waals surface area contributed by atoms with E-state index in [-0.39, 0.29) is 11.7 Å². The van der Waals surface area contributed by atoms with Crippen LogP contribution in [-0.2, 0) is 4.74 Å². The molecule has 0 aliphatic heterocycles. The molecule has 1 aromatic rings. The van der Waals surface area contributed by atoms with Gasteiger partial charge in [-0.3, -0.25) is 0 Å². The second-order valence-electron chi connectivity index (χ2n) is 5.17. The molecule has 0 amide bonds. The first-order chi connectivity index (χ1) is 8.61. The number of ether oxygens (including phenoxy) is 1. The lowest BCUT2D eigenvalue weighted by atomic mass is 9.79. The van der Waals surface area contributed by atoms with Gasteiger partial charge in [-0.2, -0.15) is 0 Å². The predicted octanol–water partition coefficient (Wildman–Crippen LogP) is 2.93. The maximum absolute atomic E-state index is 11.3. The van der Waals surface area contributed by atoms with Crippen LogP contribution in [0, 0.1) is 11.8 Å². The average molecular weight is 252 g/mol. The van der Waals surface area contributed by atoms with Crippen molar-refractivity contribution in [3.8, 4) is 0 Å². The number of aliphatic hydroxyl groups excluding tert-OH is 1. The first-order valence-electron chi connectivity index (χ1n) is 6.48. The zero-order valence-corrected chi connectivity index (χ0v) is 10.9. The molecule has 18 heavy (non-hydrogen) atoms. The van der Waals surface area contributed by atoms with Gasteiger partial charge in [-0.15, -0.1) is 0 Å². The van der Waals surface area contributed by atoms with Gasteiger partial charge in [-0.25, -0.2) is 4.79 Å². The summed E-state index contributed by atoms with van der Waals surface area (Å²) in [5.41, 5.74) is 0. The highest BCUT2D eigenvalue weighted by atomic mass is 16.5. The fourth-order valence-electron chi connectivity index (χ4n) is 2.72. The van der Waals surface area contributed by atoms with E-state index < -0.39 is 12.1 Å². The van der Waals surface area contributed by atoms with Crippen molar-refractivity contribution in [1.29, 1.82) is 0 Å². The smallest absolute Gasteiger partial charge is 0.373 e. The van der Waals surface area contributed by atoms with Gasteiger partial charge in [0.25, 0.3) is 0 Å². The first kappa shape index (κ1) is 13.1. The van der Waals surface area contributed by atoms with Crippen LogP contribution in [0.2, 0.25) is 0 Å². The van der Waals surface area contributed by atoms with Crippen molar-refractivity contribution in [2.45, 2.75) is 38.7 Å². The van der Waals surface area contributed by atoms with Crippen LogP contribution in [0.1, 0.15) is 55.0 Å². The van der Waals surface area contributed by atoms with E-state index in [9.17, 15) is 9.90 Å². The van der Waals surface area contributed by atoms with Crippen LogP contribution in [0.15, 0.2) is 16.5 Å². The van der Waals surface area contributed by atoms with Gasteiger partial charge >= 0.3 is 5.97 Å². The largest absolute Gasteiger partial charge is 0.463 e. The quantitative estimate of drug-likeness (QED) is 0.840. The molecule has 1 aliphatic rings. The van der Waals surface area contributed by atoms with Crippen LogP contribution in [-0.4, -0.2) is 18.2 Å². The molecular weight excluding hydrogens is 232 g/mol. The molecule has 1 aliphatic carbocycles. The zero-order chi connectivity index (χ0) is 13.1. The lowest BCUT2D eigenvalue weighted by molar-refractivity contribution is 0.0460. The molecule has 0 radical (unpaired) electrons. The van der Waals surface area contributed by atoms with Crippen LogP contribution < -0.4 is 0 Å². The van der Waals surface area contributed by atoms with Crippen LogP contribution in [0.3, 0.4) is 0 Å². The summed E-state index contributed by atoms with van der Waals surface area (Å²) >= 11 is 0. The molecule has 0 saturated heterocycles. The van der Waals surface area contributed by atoms with E-state index in [1.54, 1.807) is 12.1 Å². The van der Waals surface area contributed by atoms with Crippen molar-refractivity contribution < 1.29 is 19.1 Å². The summed E-state index contributed by atoms with van der Waals surface area (Å²) in [7, 11) is 1.31. The average Bonchev–Trinajstić information content (AvgIpc) is 2.86. The summed E-state index contributed by atoms with van der Waals surface area (Å²) in [5, 5.41) is 10.3. The SMILES string of the molecule is COC(=O)c1ccc(C(O)C2CCCC(C)C2)o1. The monoisotopic (exact) mass is 252 g/mol. The normalized spacial score (nSPS) is 25.7. The Balaban J connectivity index is 2.06. The van der Waals surface area contributed by atoms with Crippen LogP contribution in [0.4, 0.5) is 0 Å². The minimum atomic E-state index is -0.619. The van der Waals surface area contributed by atoms with Crippen molar-refractivity contribution in [1.82, 2.24) is 0 Å². The highest BCUT2D eigenvalue weighted by Gasteiger charge is 2.28. The van der Waals surface area contributed by atoms with Gasteiger partial charge < -0.3 is 14.3 Å². The van der Waals surface area contributed by atoms with E-state index in [1.165, 1.54) is 13.5 Å². The second kappa shape index (κ2) is 5.57. The number of esters is 1. The van der Waals surface area contributed by atoms with E-state index in [0.29, 0.717) is 11.7 Å². The first-order valence-corrected chi connectivity index (χ1v) is 6.48. The summed E-state index contributed by atoms with van der Waals surface area (Å²) in [4.78, 5) is 11.3. The van der Waals surface area contributed by atoms with Crippen molar-refractivity contribution in [3.63, 3.8) is 0 Å². The molecule has 0 spiro atoms. The molecule has 4 nitrogen and oxygen atoms in total. The lowest BCUT2D eigenvalue weighted by Gasteiger charge is -2.29. The minimum absolute atomic E-state index is 0.149. The number of rotatable bonds is 3. The van der Waals surface area contributed by atoms with Crippen LogP contribution >= 0.6 is 0 Å². The fraction of sp³-hybridized carbons (Fsp3) is 0.643. The predicted molar refractivity (Wildman–Crippen MR) is 66.1 cm³/mol. The van der Waals surface area contributed by atoms with Gasteiger partial charge in [-0.05, 0) is 36.8 Å². The molecule has 1 saturated carbocycles. The molecule has 1 fully saturated rings. The Labute approximate surface area is 107 Å². The Bertz CT molecular complexity index is 410. The maximum Gasteiger partial charge on any atom is 0.373 e. The Morgan fingerprint density at radius 1 is 1.50 bits per heavy atom. The Hall–Kier alpha value is -1.29. The third-order valence-corrected chi connectivity index (χ3v) is 3.73. The molecule has 2 rings (SSSR count). The Morgan fingerprint density at radius 3 is 2.94 bits per heavy atom. The van der Waals surface area contributed by atoms with Gasteiger partial charge in [0.2, 0.25) is 5.76 Å². The maximum atomic E-state index is 11.3. The highest BCUT2D eigenvalue weighted by molar-refractivity contribution is 5.86. The highest BCUT2D eigenvalue weighted by Crippen LogP contribution is 2.37. The van der Waals surface area contributed by atoms with E-state index in [0.717, 1.165) is 19.3 Å². The number of methoxy groups -OCH3 is 1.